The fourth-order valence-electron chi connectivity index (χ4n) is 2.64. The van der Waals surface area contributed by atoms with E-state index in [1.807, 2.05) is 0 Å². The van der Waals surface area contributed by atoms with Crippen molar-refractivity contribution in [1.82, 2.24) is 4.57 Å². The molecule has 1 aliphatic heterocycles. The Bertz CT molecular complexity index is 963. The van der Waals surface area contributed by atoms with E-state index >= 15 is 0 Å². The Morgan fingerprint density at radius 2 is 1.78 bits per heavy atom. The maximum atomic E-state index is 14.1. The van der Waals surface area contributed by atoms with Gasteiger partial charge in [-0.1, -0.05) is 12.1 Å². The molecule has 1 N–H and O–H groups in total. The number of carboxylic acid groups (broad SMARTS) is 1. The van der Waals surface area contributed by atoms with Gasteiger partial charge in [0, 0.05) is 29.1 Å². The highest BCUT2D eigenvalue weighted by atomic mass is 19.1. The molecule has 1 aromatic carbocycles. The minimum Gasteiger partial charge on any atom is -0.478 e. The second-order valence-corrected chi connectivity index (χ2v) is 5.08. The fourth-order valence-corrected chi connectivity index (χ4v) is 2.64. The third kappa shape index (κ3) is 2.38. The lowest BCUT2D eigenvalue weighted by Crippen LogP contribution is -2.15. The molecule has 0 atom stereocenters. The van der Waals surface area contributed by atoms with Crippen molar-refractivity contribution in [3.05, 3.63) is 75.7 Å². The van der Waals surface area contributed by atoms with Gasteiger partial charge in [0.25, 0.3) is 0 Å². The molecule has 0 aromatic heterocycles. The molecule has 6 heteroatoms. The molecule has 0 saturated heterocycles. The fraction of sp³-hybridized carbons (Fsp3) is 0.0588. The van der Waals surface area contributed by atoms with Crippen molar-refractivity contribution < 1.29 is 18.7 Å². The van der Waals surface area contributed by atoms with Gasteiger partial charge in [-0.2, -0.15) is 0 Å². The van der Waals surface area contributed by atoms with E-state index in [2.05, 4.69) is 0 Å². The second kappa shape index (κ2) is 5.31. The SMILES string of the molecule is Cc1c(C(=O)O)c2cc(=O)cc(F)c-2cn1-c1ccccc1F. The number of carbonyl (C=O) groups is 1. The Morgan fingerprint density at radius 1 is 1.09 bits per heavy atom. The first-order valence-electron chi connectivity index (χ1n) is 6.74. The van der Waals surface area contributed by atoms with Crippen molar-refractivity contribution in [3.63, 3.8) is 0 Å². The Kier molecular flexibility index (Phi) is 3.44. The maximum absolute atomic E-state index is 14.1. The van der Waals surface area contributed by atoms with E-state index in [0.29, 0.717) is 0 Å². The van der Waals surface area contributed by atoms with Crippen LogP contribution in [0.1, 0.15) is 16.1 Å². The summed E-state index contributed by atoms with van der Waals surface area (Å²) < 4.78 is 29.4. The van der Waals surface area contributed by atoms with Gasteiger partial charge in [-0.3, -0.25) is 4.79 Å². The third-order valence-electron chi connectivity index (χ3n) is 3.68. The lowest BCUT2D eigenvalue weighted by atomic mass is 9.97. The monoisotopic (exact) mass is 315 g/mol. The summed E-state index contributed by atoms with van der Waals surface area (Å²) >= 11 is 0. The summed E-state index contributed by atoms with van der Waals surface area (Å²) in [6.45, 7) is 1.48. The molecule has 0 amide bonds. The maximum Gasteiger partial charge on any atom is 0.338 e. The highest BCUT2D eigenvalue weighted by Crippen LogP contribution is 2.31. The van der Waals surface area contributed by atoms with E-state index < -0.39 is 23.0 Å². The molecule has 1 aromatic rings. The molecule has 0 spiro atoms. The molecule has 0 bridgehead atoms. The molecule has 0 radical (unpaired) electrons. The summed E-state index contributed by atoms with van der Waals surface area (Å²) in [5, 5.41) is 9.45. The van der Waals surface area contributed by atoms with Gasteiger partial charge in [0.05, 0.1) is 11.3 Å². The Morgan fingerprint density at radius 3 is 2.43 bits per heavy atom. The first-order chi connectivity index (χ1) is 10.9. The summed E-state index contributed by atoms with van der Waals surface area (Å²) in [6.07, 6.45) is 1.30. The van der Waals surface area contributed by atoms with Crippen LogP contribution in [0.15, 0.2) is 47.4 Å². The number of halogens is 2. The first-order valence-corrected chi connectivity index (χ1v) is 6.74. The van der Waals surface area contributed by atoms with Crippen molar-refractivity contribution >= 4 is 5.97 Å². The largest absolute Gasteiger partial charge is 0.478 e. The Balaban J connectivity index is 2.49. The number of benzene rings is 2. The lowest BCUT2D eigenvalue weighted by molar-refractivity contribution is 0.0696. The quantitative estimate of drug-likeness (QED) is 0.790. The Labute approximate surface area is 129 Å². The molecule has 4 nitrogen and oxygen atoms in total. The first kappa shape index (κ1) is 14.9. The molecule has 1 heterocycles. The van der Waals surface area contributed by atoms with Crippen LogP contribution in [0, 0.1) is 18.6 Å². The highest BCUT2D eigenvalue weighted by molar-refractivity contribution is 5.97. The van der Waals surface area contributed by atoms with Gasteiger partial charge in [0.2, 0.25) is 0 Å². The predicted octanol–water partition coefficient (Wildman–Crippen LogP) is 3.23. The Hall–Kier alpha value is -3.02. The van der Waals surface area contributed by atoms with Gasteiger partial charge in [-0.15, -0.1) is 0 Å². The molecular weight excluding hydrogens is 304 g/mol. The van der Waals surface area contributed by atoms with Crippen LogP contribution >= 0.6 is 0 Å². The molecule has 1 aliphatic carbocycles. The number of aromatic nitrogens is 1. The number of hydrogen-bond acceptors (Lipinski definition) is 2. The number of para-hydroxylation sites is 1. The zero-order chi connectivity index (χ0) is 16.7. The van der Waals surface area contributed by atoms with E-state index in [4.69, 9.17) is 0 Å². The average molecular weight is 315 g/mol. The van der Waals surface area contributed by atoms with E-state index in [0.717, 1.165) is 12.1 Å². The van der Waals surface area contributed by atoms with Crippen molar-refractivity contribution in [1.29, 1.82) is 0 Å². The van der Waals surface area contributed by atoms with E-state index in [1.165, 1.54) is 35.9 Å². The van der Waals surface area contributed by atoms with Crippen LogP contribution in [0.5, 0.6) is 0 Å². The van der Waals surface area contributed by atoms with Gasteiger partial charge in [-0.25, -0.2) is 13.6 Å². The van der Waals surface area contributed by atoms with E-state index in [9.17, 15) is 23.5 Å². The summed E-state index contributed by atoms with van der Waals surface area (Å²) in [7, 11) is 0. The van der Waals surface area contributed by atoms with Crippen molar-refractivity contribution in [2.24, 2.45) is 0 Å². The molecule has 3 rings (SSSR count). The highest BCUT2D eigenvalue weighted by Gasteiger charge is 2.23. The van der Waals surface area contributed by atoms with Gasteiger partial charge in [-0.05, 0) is 25.1 Å². The molecule has 0 unspecified atom stereocenters. The van der Waals surface area contributed by atoms with Crippen LogP contribution in [-0.4, -0.2) is 15.6 Å². The molecular formula is C17H11F2NO3. The smallest absolute Gasteiger partial charge is 0.338 e. The number of hydrogen-bond donors (Lipinski definition) is 1. The van der Waals surface area contributed by atoms with Gasteiger partial charge < -0.3 is 9.67 Å². The van der Waals surface area contributed by atoms with Gasteiger partial charge in [0.15, 0.2) is 5.43 Å². The van der Waals surface area contributed by atoms with E-state index in [-0.39, 0.29) is 28.1 Å². The zero-order valence-electron chi connectivity index (χ0n) is 12.0. The topological polar surface area (TPSA) is 59.3 Å². The molecule has 0 fully saturated rings. The summed E-state index contributed by atoms with van der Waals surface area (Å²) in [4.78, 5) is 23.1. The standard InChI is InChI=1S/C17H11F2NO3/c1-9-16(17(22)23)11-6-10(21)7-14(19)12(11)8-20(9)15-5-3-2-4-13(15)18/h2-8H,1H3,(H,22,23). The number of pyridine rings is 1. The molecule has 116 valence electrons. The van der Waals surface area contributed by atoms with Crippen LogP contribution in [0.25, 0.3) is 16.8 Å². The van der Waals surface area contributed by atoms with E-state index in [1.54, 1.807) is 6.07 Å². The number of rotatable bonds is 2. The lowest BCUT2D eigenvalue weighted by Gasteiger charge is -2.19. The van der Waals surface area contributed by atoms with Gasteiger partial charge in [0.1, 0.15) is 11.6 Å². The number of carboxylic acids is 1. The van der Waals surface area contributed by atoms with Crippen LogP contribution in [0.4, 0.5) is 8.78 Å². The van der Waals surface area contributed by atoms with Crippen molar-refractivity contribution in [2.45, 2.75) is 6.92 Å². The summed E-state index contributed by atoms with van der Waals surface area (Å²) in [5.74, 6) is -2.74. The van der Waals surface area contributed by atoms with Crippen LogP contribution in [-0.2, 0) is 0 Å². The summed E-state index contributed by atoms with van der Waals surface area (Å²) in [5.41, 5.74) is -0.633. The second-order valence-electron chi connectivity index (χ2n) is 5.08. The van der Waals surface area contributed by atoms with Crippen LogP contribution in [0.2, 0.25) is 0 Å². The number of aromatic carboxylic acids is 1. The van der Waals surface area contributed by atoms with Gasteiger partial charge >= 0.3 is 5.97 Å². The van der Waals surface area contributed by atoms with Crippen LogP contribution < -0.4 is 5.43 Å². The van der Waals surface area contributed by atoms with Crippen molar-refractivity contribution in [3.8, 4) is 16.8 Å². The molecule has 23 heavy (non-hydrogen) atoms. The molecule has 2 aliphatic rings. The summed E-state index contributed by atoms with van der Waals surface area (Å²) in [6, 6.07) is 7.61. The minimum absolute atomic E-state index is 0.00686. The minimum atomic E-state index is -1.32. The number of fused-ring (bicyclic) bond motifs is 1. The molecule has 0 saturated carbocycles. The number of nitrogens with zero attached hydrogens (tertiary/aromatic N) is 1. The zero-order valence-corrected chi connectivity index (χ0v) is 12.0. The predicted molar refractivity (Wildman–Crippen MR) is 80.3 cm³/mol. The third-order valence-corrected chi connectivity index (χ3v) is 3.68. The van der Waals surface area contributed by atoms with Crippen molar-refractivity contribution in [2.75, 3.05) is 0 Å². The average Bonchev–Trinajstić information content (AvgIpc) is 2.47. The normalized spacial score (nSPS) is 10.9. The van der Waals surface area contributed by atoms with Crippen LogP contribution in [0.3, 0.4) is 0 Å².